The summed E-state index contributed by atoms with van der Waals surface area (Å²) in [5.74, 6) is -9.92. The van der Waals surface area contributed by atoms with Crippen LogP contribution in [-0.4, -0.2) is 122 Å². The molecule has 1 rings (SSSR count). The van der Waals surface area contributed by atoms with Crippen LogP contribution >= 0.6 is 0 Å². The number of nitrogens with two attached hydrogens (primary N) is 1. The molecule has 0 aromatic carbocycles. The highest BCUT2D eigenvalue weighted by atomic mass is 16.4. The van der Waals surface area contributed by atoms with E-state index in [-0.39, 0.29) is 25.8 Å². The standard InChI is InChI=1S/C25H38N6O13/c1-11(20(38)29-14(6-8-18(34)35)22(40)30-15(25(43)44)10-19(36)37)27-23(41)16-4-3-9-31(16)24(42)12(2)28-21(39)13(26)5-7-17(32)33/h11-16H,3-10,26H2,1-2H3,(H,27,41)(H,28,39)(H,29,38)(H,30,40)(H,32,33)(H,34,35)(H,36,37)(H,43,44)/t11-,12-,13-,14-,15-,16-/m0/s1. The van der Waals surface area contributed by atoms with Crippen molar-refractivity contribution >= 4 is 53.4 Å². The fraction of sp³-hybridized carbons (Fsp3) is 0.640. The molecule has 5 amide bonds. The summed E-state index contributed by atoms with van der Waals surface area (Å²) in [6.07, 6.45) is -1.96. The highest BCUT2D eigenvalue weighted by Crippen LogP contribution is 2.19. The summed E-state index contributed by atoms with van der Waals surface area (Å²) in [5.41, 5.74) is 5.66. The lowest BCUT2D eigenvalue weighted by Crippen LogP contribution is -2.58. The predicted molar refractivity (Wildman–Crippen MR) is 145 cm³/mol. The zero-order chi connectivity index (χ0) is 33.7. The molecule has 0 aromatic rings. The van der Waals surface area contributed by atoms with Crippen LogP contribution in [0.3, 0.4) is 0 Å². The Morgan fingerprint density at radius 3 is 1.84 bits per heavy atom. The highest BCUT2D eigenvalue weighted by molar-refractivity contribution is 5.96. The molecule has 0 aliphatic carbocycles. The van der Waals surface area contributed by atoms with E-state index in [0.717, 1.165) is 0 Å². The molecule has 44 heavy (non-hydrogen) atoms. The first-order chi connectivity index (χ1) is 20.4. The van der Waals surface area contributed by atoms with E-state index in [9.17, 15) is 43.2 Å². The molecule has 0 radical (unpaired) electrons. The number of carbonyl (C=O) groups excluding carboxylic acids is 5. The average Bonchev–Trinajstić information content (AvgIpc) is 3.42. The van der Waals surface area contributed by atoms with Gasteiger partial charge in [0.05, 0.1) is 12.5 Å². The SMILES string of the molecule is C[C@H](NC(=O)[C@@H]1CCCN1C(=O)[C@H](C)NC(=O)[C@@H](N)CCC(=O)O)C(=O)N[C@@H](CCC(=O)O)C(=O)N[C@@H](CC(=O)O)C(=O)O. The summed E-state index contributed by atoms with van der Waals surface area (Å²) in [7, 11) is 0. The number of carboxylic acids is 4. The second kappa shape index (κ2) is 17.3. The van der Waals surface area contributed by atoms with Gasteiger partial charge in [-0.2, -0.15) is 0 Å². The predicted octanol–water partition coefficient (Wildman–Crippen LogP) is -3.43. The van der Waals surface area contributed by atoms with E-state index in [4.69, 9.17) is 26.2 Å². The van der Waals surface area contributed by atoms with Crippen LogP contribution in [0.2, 0.25) is 0 Å². The van der Waals surface area contributed by atoms with E-state index in [1.165, 1.54) is 18.7 Å². The Kier molecular flexibility index (Phi) is 14.7. The van der Waals surface area contributed by atoms with Gasteiger partial charge in [-0.05, 0) is 39.5 Å². The van der Waals surface area contributed by atoms with Gasteiger partial charge in [0.15, 0.2) is 0 Å². The number of hydrogen-bond donors (Lipinski definition) is 9. The molecule has 1 heterocycles. The fourth-order valence-electron chi connectivity index (χ4n) is 4.20. The van der Waals surface area contributed by atoms with Gasteiger partial charge in [0.2, 0.25) is 29.5 Å². The van der Waals surface area contributed by atoms with Gasteiger partial charge in [-0.15, -0.1) is 0 Å². The average molecular weight is 631 g/mol. The van der Waals surface area contributed by atoms with Crippen molar-refractivity contribution in [1.29, 1.82) is 0 Å². The fourth-order valence-corrected chi connectivity index (χ4v) is 4.20. The molecule has 1 aliphatic rings. The van der Waals surface area contributed by atoms with Crippen LogP contribution in [0.1, 0.15) is 58.8 Å². The minimum Gasteiger partial charge on any atom is -0.481 e. The van der Waals surface area contributed by atoms with Crippen molar-refractivity contribution in [3.05, 3.63) is 0 Å². The van der Waals surface area contributed by atoms with Crippen molar-refractivity contribution < 1.29 is 63.6 Å². The van der Waals surface area contributed by atoms with Crippen molar-refractivity contribution in [3.8, 4) is 0 Å². The van der Waals surface area contributed by atoms with Gasteiger partial charge in [0.25, 0.3) is 0 Å². The first kappa shape index (κ1) is 37.2. The Labute approximate surface area is 250 Å². The Bertz CT molecular complexity index is 1150. The van der Waals surface area contributed by atoms with Crippen LogP contribution in [0.4, 0.5) is 0 Å². The molecular formula is C25H38N6O13. The number of rotatable bonds is 18. The molecule has 1 saturated heterocycles. The van der Waals surface area contributed by atoms with E-state index in [1.54, 1.807) is 0 Å². The smallest absolute Gasteiger partial charge is 0.326 e. The number of amides is 5. The third-order valence-electron chi connectivity index (χ3n) is 6.60. The van der Waals surface area contributed by atoms with Gasteiger partial charge in [0.1, 0.15) is 30.2 Å². The maximum atomic E-state index is 13.0. The van der Waals surface area contributed by atoms with Gasteiger partial charge >= 0.3 is 23.9 Å². The van der Waals surface area contributed by atoms with E-state index < -0.39 is 109 Å². The number of carbonyl (C=O) groups is 9. The number of aliphatic carboxylic acids is 4. The second-order valence-electron chi connectivity index (χ2n) is 10.2. The Morgan fingerprint density at radius 2 is 1.30 bits per heavy atom. The van der Waals surface area contributed by atoms with Crippen molar-refractivity contribution in [1.82, 2.24) is 26.2 Å². The highest BCUT2D eigenvalue weighted by Gasteiger charge is 2.38. The molecule has 1 fully saturated rings. The molecule has 0 saturated carbocycles. The van der Waals surface area contributed by atoms with Gasteiger partial charge in [-0.25, -0.2) is 4.79 Å². The molecule has 1 aliphatic heterocycles. The maximum Gasteiger partial charge on any atom is 0.326 e. The lowest BCUT2D eigenvalue weighted by Gasteiger charge is -2.28. The third-order valence-corrected chi connectivity index (χ3v) is 6.60. The number of likely N-dealkylation sites (tertiary alicyclic amines) is 1. The molecule has 19 nitrogen and oxygen atoms in total. The van der Waals surface area contributed by atoms with Crippen molar-refractivity contribution in [2.24, 2.45) is 5.73 Å². The number of carboxylic acid groups (broad SMARTS) is 4. The normalized spacial score (nSPS) is 17.6. The van der Waals surface area contributed by atoms with Gasteiger partial charge < -0.3 is 52.3 Å². The first-order valence-electron chi connectivity index (χ1n) is 13.6. The Morgan fingerprint density at radius 1 is 0.727 bits per heavy atom. The van der Waals surface area contributed by atoms with Crippen LogP contribution in [-0.2, 0) is 43.2 Å². The molecule has 246 valence electrons. The molecule has 0 aromatic heterocycles. The zero-order valence-corrected chi connectivity index (χ0v) is 24.1. The van der Waals surface area contributed by atoms with Crippen LogP contribution < -0.4 is 27.0 Å². The van der Waals surface area contributed by atoms with E-state index >= 15 is 0 Å². The topological polar surface area (TPSA) is 312 Å². The maximum absolute atomic E-state index is 13.0. The molecule has 0 bridgehead atoms. The van der Waals surface area contributed by atoms with E-state index in [2.05, 4.69) is 16.0 Å². The molecule has 19 heteroatoms. The number of nitrogens with one attached hydrogen (secondary N) is 4. The summed E-state index contributed by atoms with van der Waals surface area (Å²) in [4.78, 5) is 109. The van der Waals surface area contributed by atoms with Crippen molar-refractivity contribution in [2.75, 3.05) is 6.54 Å². The Hall–Kier alpha value is -4.81. The van der Waals surface area contributed by atoms with Crippen LogP contribution in [0.15, 0.2) is 0 Å². The van der Waals surface area contributed by atoms with Gasteiger partial charge in [-0.3, -0.25) is 38.4 Å². The summed E-state index contributed by atoms with van der Waals surface area (Å²) in [6.45, 7) is 2.76. The lowest BCUT2D eigenvalue weighted by atomic mass is 10.1. The largest absolute Gasteiger partial charge is 0.481 e. The number of nitrogens with zero attached hydrogens (tertiary/aromatic N) is 1. The molecule has 0 spiro atoms. The molecular weight excluding hydrogens is 592 g/mol. The third kappa shape index (κ3) is 12.2. The van der Waals surface area contributed by atoms with Gasteiger partial charge in [0, 0.05) is 19.4 Å². The van der Waals surface area contributed by atoms with Gasteiger partial charge in [-0.1, -0.05) is 0 Å². The van der Waals surface area contributed by atoms with Crippen molar-refractivity contribution in [3.63, 3.8) is 0 Å². The van der Waals surface area contributed by atoms with Crippen molar-refractivity contribution in [2.45, 2.75) is 95.0 Å². The molecule has 10 N–H and O–H groups in total. The van der Waals surface area contributed by atoms with Crippen LogP contribution in [0.25, 0.3) is 0 Å². The Balaban J connectivity index is 2.86. The number of hydrogen-bond acceptors (Lipinski definition) is 10. The summed E-state index contributed by atoms with van der Waals surface area (Å²) < 4.78 is 0. The summed E-state index contributed by atoms with van der Waals surface area (Å²) in [5, 5.41) is 44.7. The zero-order valence-electron chi connectivity index (χ0n) is 24.1. The minimum atomic E-state index is -1.86. The molecule has 0 unspecified atom stereocenters. The van der Waals surface area contributed by atoms with Crippen LogP contribution in [0.5, 0.6) is 0 Å². The minimum absolute atomic E-state index is 0.154. The summed E-state index contributed by atoms with van der Waals surface area (Å²) in [6, 6.07) is -8.09. The molecule has 6 atom stereocenters. The van der Waals surface area contributed by atoms with Crippen LogP contribution in [0, 0.1) is 0 Å². The lowest BCUT2D eigenvalue weighted by molar-refractivity contribution is -0.147. The second-order valence-corrected chi connectivity index (χ2v) is 10.2. The quantitative estimate of drug-likeness (QED) is 0.0712. The first-order valence-corrected chi connectivity index (χ1v) is 13.6. The summed E-state index contributed by atoms with van der Waals surface area (Å²) >= 11 is 0. The monoisotopic (exact) mass is 630 g/mol. The van der Waals surface area contributed by atoms with E-state index in [0.29, 0.717) is 6.42 Å². The van der Waals surface area contributed by atoms with E-state index in [1.807, 2.05) is 5.32 Å².